The lowest BCUT2D eigenvalue weighted by Crippen LogP contribution is -2.36. The normalized spacial score (nSPS) is 11.7. The van der Waals surface area contributed by atoms with E-state index in [1.54, 1.807) is 12.1 Å². The van der Waals surface area contributed by atoms with E-state index in [0.717, 1.165) is 17.7 Å². The van der Waals surface area contributed by atoms with Crippen molar-refractivity contribution in [1.82, 2.24) is 5.32 Å². The van der Waals surface area contributed by atoms with E-state index in [-0.39, 0.29) is 24.1 Å². The van der Waals surface area contributed by atoms with Crippen LogP contribution in [0.15, 0.2) is 53.4 Å². The van der Waals surface area contributed by atoms with Gasteiger partial charge < -0.3 is 10.1 Å². The Morgan fingerprint density at radius 1 is 1.19 bits per heavy atom. The number of esters is 1. The molecule has 0 bridgehead atoms. The third-order valence-electron chi connectivity index (χ3n) is 3.84. The zero-order valence-corrected chi connectivity index (χ0v) is 16.4. The molecule has 0 heterocycles. The SMILES string of the molecule is CSc1ccc(Cl)c(C(=O)OCC(=O)NC(C)CCc2ccccc2)c1. The lowest BCUT2D eigenvalue weighted by atomic mass is 10.1. The van der Waals surface area contributed by atoms with Crippen LogP contribution < -0.4 is 5.32 Å². The van der Waals surface area contributed by atoms with E-state index in [4.69, 9.17) is 16.3 Å². The van der Waals surface area contributed by atoms with Crippen LogP contribution in [0.1, 0.15) is 29.3 Å². The van der Waals surface area contributed by atoms with Crippen LogP contribution in [0.2, 0.25) is 5.02 Å². The fraction of sp³-hybridized carbons (Fsp3) is 0.300. The maximum Gasteiger partial charge on any atom is 0.340 e. The molecule has 0 saturated carbocycles. The first-order valence-electron chi connectivity index (χ1n) is 8.33. The molecule has 0 aliphatic heterocycles. The summed E-state index contributed by atoms with van der Waals surface area (Å²) in [6.45, 7) is 1.61. The molecule has 1 amide bonds. The Balaban J connectivity index is 1.78. The number of hydrogen-bond donors (Lipinski definition) is 1. The highest BCUT2D eigenvalue weighted by Crippen LogP contribution is 2.23. The maximum atomic E-state index is 12.1. The lowest BCUT2D eigenvalue weighted by Gasteiger charge is -2.14. The van der Waals surface area contributed by atoms with Crippen LogP contribution in [0.5, 0.6) is 0 Å². The Bertz CT molecular complexity index is 752. The molecule has 1 atom stereocenters. The molecule has 4 nitrogen and oxygen atoms in total. The van der Waals surface area contributed by atoms with Crippen molar-refractivity contribution in [2.45, 2.75) is 30.7 Å². The maximum absolute atomic E-state index is 12.1. The summed E-state index contributed by atoms with van der Waals surface area (Å²) < 4.78 is 5.09. The number of benzene rings is 2. The first-order chi connectivity index (χ1) is 12.5. The van der Waals surface area contributed by atoms with Crippen molar-refractivity contribution < 1.29 is 14.3 Å². The van der Waals surface area contributed by atoms with Gasteiger partial charge in [0.25, 0.3) is 5.91 Å². The van der Waals surface area contributed by atoms with E-state index in [1.165, 1.54) is 17.3 Å². The Kier molecular flexibility index (Phi) is 8.01. The van der Waals surface area contributed by atoms with Gasteiger partial charge in [-0.3, -0.25) is 4.79 Å². The largest absolute Gasteiger partial charge is 0.452 e. The Hall–Kier alpha value is -1.98. The summed E-state index contributed by atoms with van der Waals surface area (Å²) in [6.07, 6.45) is 3.59. The summed E-state index contributed by atoms with van der Waals surface area (Å²) in [5, 5.41) is 3.15. The monoisotopic (exact) mass is 391 g/mol. The quantitative estimate of drug-likeness (QED) is 0.536. The first-order valence-corrected chi connectivity index (χ1v) is 9.94. The Morgan fingerprint density at radius 3 is 2.62 bits per heavy atom. The van der Waals surface area contributed by atoms with Gasteiger partial charge in [0, 0.05) is 10.9 Å². The highest BCUT2D eigenvalue weighted by molar-refractivity contribution is 7.98. The number of nitrogens with one attached hydrogen (secondary N) is 1. The average molecular weight is 392 g/mol. The molecular weight excluding hydrogens is 370 g/mol. The summed E-state index contributed by atoms with van der Waals surface area (Å²) in [5.41, 5.74) is 1.49. The lowest BCUT2D eigenvalue weighted by molar-refractivity contribution is -0.124. The summed E-state index contributed by atoms with van der Waals surface area (Å²) in [6, 6.07) is 15.2. The minimum atomic E-state index is -0.599. The smallest absolute Gasteiger partial charge is 0.340 e. The standard InChI is InChI=1S/C20H22ClNO3S/c1-14(8-9-15-6-4-3-5-7-15)22-19(23)13-25-20(24)17-12-16(26-2)10-11-18(17)21/h3-7,10-12,14H,8-9,13H2,1-2H3,(H,22,23). The molecule has 0 fully saturated rings. The molecular formula is C20H22ClNO3S. The van der Waals surface area contributed by atoms with E-state index in [2.05, 4.69) is 17.4 Å². The van der Waals surface area contributed by atoms with E-state index < -0.39 is 5.97 Å². The van der Waals surface area contributed by atoms with Gasteiger partial charge in [-0.15, -0.1) is 11.8 Å². The molecule has 0 radical (unpaired) electrons. The van der Waals surface area contributed by atoms with Gasteiger partial charge in [-0.2, -0.15) is 0 Å². The number of halogens is 1. The second-order valence-electron chi connectivity index (χ2n) is 5.91. The Labute approximate surface area is 163 Å². The van der Waals surface area contributed by atoms with Crippen LogP contribution in [-0.4, -0.2) is 30.8 Å². The molecule has 2 rings (SSSR count). The number of carbonyl (C=O) groups is 2. The van der Waals surface area contributed by atoms with Crippen LogP contribution in [0.4, 0.5) is 0 Å². The third kappa shape index (κ3) is 6.39. The summed E-state index contributed by atoms with van der Waals surface area (Å²) in [4.78, 5) is 25.0. The van der Waals surface area contributed by atoms with E-state index >= 15 is 0 Å². The van der Waals surface area contributed by atoms with Gasteiger partial charge in [0.1, 0.15) is 0 Å². The molecule has 1 N–H and O–H groups in total. The molecule has 0 spiro atoms. The van der Waals surface area contributed by atoms with E-state index in [9.17, 15) is 9.59 Å². The van der Waals surface area contributed by atoms with Crippen LogP contribution in [-0.2, 0) is 16.0 Å². The number of aryl methyl sites for hydroxylation is 1. The molecule has 0 aromatic heterocycles. The molecule has 0 aliphatic carbocycles. The Morgan fingerprint density at radius 2 is 1.92 bits per heavy atom. The van der Waals surface area contributed by atoms with Crippen molar-refractivity contribution in [2.24, 2.45) is 0 Å². The number of ether oxygens (including phenoxy) is 1. The molecule has 2 aromatic carbocycles. The van der Waals surface area contributed by atoms with Gasteiger partial charge in [0.15, 0.2) is 6.61 Å². The van der Waals surface area contributed by atoms with Crippen LogP contribution in [0.3, 0.4) is 0 Å². The minimum Gasteiger partial charge on any atom is -0.452 e. The van der Waals surface area contributed by atoms with Gasteiger partial charge in [-0.1, -0.05) is 41.9 Å². The van der Waals surface area contributed by atoms with Gasteiger partial charge in [-0.05, 0) is 49.8 Å². The molecule has 1 unspecified atom stereocenters. The fourth-order valence-corrected chi connectivity index (χ4v) is 3.05. The molecule has 26 heavy (non-hydrogen) atoms. The van der Waals surface area contributed by atoms with Crippen LogP contribution in [0, 0.1) is 0 Å². The van der Waals surface area contributed by atoms with Crippen LogP contribution >= 0.6 is 23.4 Å². The number of thioether (sulfide) groups is 1. The second-order valence-corrected chi connectivity index (χ2v) is 7.20. The van der Waals surface area contributed by atoms with Gasteiger partial charge in [0.05, 0.1) is 10.6 Å². The molecule has 138 valence electrons. The number of carbonyl (C=O) groups excluding carboxylic acids is 2. The van der Waals surface area contributed by atoms with Crippen LogP contribution in [0.25, 0.3) is 0 Å². The van der Waals surface area contributed by atoms with Crippen molar-refractivity contribution >= 4 is 35.2 Å². The average Bonchev–Trinajstić information content (AvgIpc) is 2.65. The molecule has 6 heteroatoms. The van der Waals surface area contributed by atoms with Gasteiger partial charge >= 0.3 is 5.97 Å². The first kappa shape index (κ1) is 20.3. The predicted octanol–water partition coefficient (Wildman–Crippen LogP) is 4.36. The third-order valence-corrected chi connectivity index (χ3v) is 4.90. The molecule has 2 aromatic rings. The minimum absolute atomic E-state index is 0.00943. The second kappa shape index (κ2) is 10.2. The summed E-state index contributed by atoms with van der Waals surface area (Å²) >= 11 is 7.54. The number of amides is 1. The fourth-order valence-electron chi connectivity index (χ4n) is 2.41. The van der Waals surface area contributed by atoms with E-state index in [0.29, 0.717) is 5.02 Å². The van der Waals surface area contributed by atoms with Crippen molar-refractivity contribution in [1.29, 1.82) is 0 Å². The molecule has 0 aliphatic rings. The van der Waals surface area contributed by atoms with Gasteiger partial charge in [0.2, 0.25) is 0 Å². The van der Waals surface area contributed by atoms with Crippen molar-refractivity contribution in [3.8, 4) is 0 Å². The zero-order chi connectivity index (χ0) is 18.9. The summed E-state index contributed by atoms with van der Waals surface area (Å²) in [5.74, 6) is -0.922. The van der Waals surface area contributed by atoms with E-state index in [1.807, 2.05) is 37.4 Å². The highest BCUT2D eigenvalue weighted by Gasteiger charge is 2.15. The molecule has 0 saturated heterocycles. The van der Waals surface area contributed by atoms with Gasteiger partial charge in [-0.25, -0.2) is 4.79 Å². The number of rotatable bonds is 8. The highest BCUT2D eigenvalue weighted by atomic mass is 35.5. The summed E-state index contributed by atoms with van der Waals surface area (Å²) in [7, 11) is 0. The zero-order valence-electron chi connectivity index (χ0n) is 14.8. The van der Waals surface area contributed by atoms with Crippen molar-refractivity contribution in [2.75, 3.05) is 12.9 Å². The van der Waals surface area contributed by atoms with Crippen molar-refractivity contribution in [3.05, 3.63) is 64.7 Å². The number of hydrogen-bond acceptors (Lipinski definition) is 4. The van der Waals surface area contributed by atoms with Crippen molar-refractivity contribution in [3.63, 3.8) is 0 Å². The predicted molar refractivity (Wildman–Crippen MR) is 106 cm³/mol. The topological polar surface area (TPSA) is 55.4 Å².